The van der Waals surface area contributed by atoms with Gasteiger partial charge in [0.2, 0.25) is 10.0 Å². The molecule has 0 heterocycles. The van der Waals surface area contributed by atoms with Gasteiger partial charge in [-0.1, -0.05) is 13.8 Å². The number of amides is 1. The van der Waals surface area contributed by atoms with Gasteiger partial charge in [-0.2, -0.15) is 4.31 Å². The minimum absolute atomic E-state index is 0.00821. The van der Waals surface area contributed by atoms with Gasteiger partial charge in [-0.15, -0.1) is 0 Å². The summed E-state index contributed by atoms with van der Waals surface area (Å²) >= 11 is 0. The molecule has 0 fully saturated rings. The van der Waals surface area contributed by atoms with Crippen molar-refractivity contribution in [3.63, 3.8) is 0 Å². The zero-order chi connectivity index (χ0) is 22.5. The second kappa shape index (κ2) is 9.55. The van der Waals surface area contributed by atoms with Gasteiger partial charge < -0.3 is 14.8 Å². The average molecular weight is 437 g/mol. The molecule has 11 heteroatoms. The highest BCUT2D eigenvalue weighted by atomic mass is 32.2. The topological polar surface area (TPSA) is 128 Å². The molecule has 0 saturated carbocycles. The lowest BCUT2D eigenvalue weighted by Gasteiger charge is -2.19. The van der Waals surface area contributed by atoms with Gasteiger partial charge in [-0.05, 0) is 24.3 Å². The van der Waals surface area contributed by atoms with Crippen LogP contribution in [0.4, 0.5) is 11.4 Å². The first-order valence-electron chi connectivity index (χ1n) is 9.01. The van der Waals surface area contributed by atoms with Crippen LogP contribution in [-0.2, 0) is 10.0 Å². The third-order valence-electron chi connectivity index (χ3n) is 4.40. The summed E-state index contributed by atoms with van der Waals surface area (Å²) in [5.41, 5.74) is -0.0203. The maximum absolute atomic E-state index is 12.9. The molecule has 0 spiro atoms. The van der Waals surface area contributed by atoms with Crippen LogP contribution in [-0.4, -0.2) is 50.9 Å². The zero-order valence-electron chi connectivity index (χ0n) is 17.0. The quantitative estimate of drug-likeness (QED) is 0.472. The summed E-state index contributed by atoms with van der Waals surface area (Å²) in [4.78, 5) is 23.2. The van der Waals surface area contributed by atoms with Gasteiger partial charge in [0, 0.05) is 19.2 Å². The number of nitrogens with zero attached hydrogens (tertiary/aromatic N) is 2. The lowest BCUT2D eigenvalue weighted by molar-refractivity contribution is -0.384. The first-order valence-corrected chi connectivity index (χ1v) is 10.5. The highest BCUT2D eigenvalue weighted by molar-refractivity contribution is 7.89. The van der Waals surface area contributed by atoms with Crippen LogP contribution in [0, 0.1) is 10.1 Å². The molecule has 0 saturated heterocycles. The number of benzene rings is 2. The second-order valence-corrected chi connectivity index (χ2v) is 7.99. The second-order valence-electron chi connectivity index (χ2n) is 6.05. The Morgan fingerprint density at radius 1 is 1.07 bits per heavy atom. The van der Waals surface area contributed by atoms with E-state index in [-0.39, 0.29) is 46.4 Å². The molecule has 30 heavy (non-hydrogen) atoms. The molecule has 0 aliphatic heterocycles. The fourth-order valence-electron chi connectivity index (χ4n) is 2.82. The predicted molar refractivity (Wildman–Crippen MR) is 111 cm³/mol. The number of non-ortho nitro benzene ring substituents is 1. The highest BCUT2D eigenvalue weighted by Crippen LogP contribution is 2.31. The Morgan fingerprint density at radius 2 is 1.70 bits per heavy atom. The number of ether oxygens (including phenoxy) is 2. The highest BCUT2D eigenvalue weighted by Gasteiger charge is 2.25. The van der Waals surface area contributed by atoms with Gasteiger partial charge in [-0.3, -0.25) is 14.9 Å². The van der Waals surface area contributed by atoms with Crippen molar-refractivity contribution in [2.24, 2.45) is 0 Å². The van der Waals surface area contributed by atoms with E-state index in [2.05, 4.69) is 5.32 Å². The van der Waals surface area contributed by atoms with E-state index in [1.807, 2.05) is 0 Å². The normalized spacial score (nSPS) is 11.2. The number of nitrogens with one attached hydrogen (secondary N) is 1. The molecule has 10 nitrogen and oxygen atoms in total. The molecular formula is C19H23N3O7S. The van der Waals surface area contributed by atoms with Crippen LogP contribution >= 0.6 is 0 Å². The SMILES string of the molecule is CCN(CC)S(=O)(=O)c1ccc(OC)c(C(=O)Nc2ccc([N+](=O)[O-])cc2OC)c1. The van der Waals surface area contributed by atoms with Crippen molar-refractivity contribution >= 4 is 27.3 Å². The Kier molecular flexibility index (Phi) is 7.35. The Bertz CT molecular complexity index is 1050. The molecule has 0 atom stereocenters. The Balaban J connectivity index is 2.46. The molecule has 1 amide bonds. The lowest BCUT2D eigenvalue weighted by Crippen LogP contribution is -2.30. The van der Waals surface area contributed by atoms with Gasteiger partial charge in [0.25, 0.3) is 11.6 Å². The van der Waals surface area contributed by atoms with E-state index in [1.165, 1.54) is 54.9 Å². The Labute approximate surface area is 174 Å². The smallest absolute Gasteiger partial charge is 0.273 e. The molecule has 0 aromatic heterocycles. The number of nitro groups is 1. The van der Waals surface area contributed by atoms with Crippen molar-refractivity contribution in [1.82, 2.24) is 4.31 Å². The number of anilines is 1. The van der Waals surface area contributed by atoms with Crippen LogP contribution in [0.25, 0.3) is 0 Å². The maximum Gasteiger partial charge on any atom is 0.273 e. The first kappa shape index (κ1) is 23.1. The number of nitro benzene ring substituents is 1. The van der Waals surface area contributed by atoms with Crippen LogP contribution in [0.3, 0.4) is 0 Å². The molecular weight excluding hydrogens is 414 g/mol. The van der Waals surface area contributed by atoms with Crippen molar-refractivity contribution in [1.29, 1.82) is 0 Å². The number of carbonyl (C=O) groups is 1. The van der Waals surface area contributed by atoms with E-state index in [1.54, 1.807) is 13.8 Å². The van der Waals surface area contributed by atoms with Crippen molar-refractivity contribution in [2.75, 3.05) is 32.6 Å². The first-order chi connectivity index (χ1) is 14.2. The van der Waals surface area contributed by atoms with E-state index >= 15 is 0 Å². The summed E-state index contributed by atoms with van der Waals surface area (Å²) in [5, 5.41) is 13.5. The lowest BCUT2D eigenvalue weighted by atomic mass is 10.1. The molecule has 0 bridgehead atoms. The molecule has 0 aliphatic rings. The van der Waals surface area contributed by atoms with E-state index in [4.69, 9.17) is 9.47 Å². The molecule has 2 rings (SSSR count). The van der Waals surface area contributed by atoms with Crippen molar-refractivity contribution in [3.05, 3.63) is 52.1 Å². The predicted octanol–water partition coefficient (Wildman–Crippen LogP) is 2.89. The molecule has 2 aromatic rings. The maximum atomic E-state index is 12.9. The summed E-state index contributed by atoms with van der Waals surface area (Å²) in [6.07, 6.45) is 0. The third kappa shape index (κ3) is 4.69. The number of methoxy groups -OCH3 is 2. The minimum atomic E-state index is -3.78. The third-order valence-corrected chi connectivity index (χ3v) is 6.45. The summed E-state index contributed by atoms with van der Waals surface area (Å²) in [5.74, 6) is -0.397. The van der Waals surface area contributed by atoms with Gasteiger partial charge in [0.1, 0.15) is 11.5 Å². The molecule has 0 aliphatic carbocycles. The van der Waals surface area contributed by atoms with Crippen molar-refractivity contribution < 1.29 is 27.6 Å². The largest absolute Gasteiger partial charge is 0.496 e. The van der Waals surface area contributed by atoms with E-state index < -0.39 is 20.9 Å². The Hall–Kier alpha value is -3.18. The van der Waals surface area contributed by atoms with E-state index in [0.717, 1.165) is 0 Å². The number of carbonyl (C=O) groups excluding carboxylic acids is 1. The van der Waals surface area contributed by atoms with E-state index in [9.17, 15) is 23.3 Å². The minimum Gasteiger partial charge on any atom is -0.496 e. The van der Waals surface area contributed by atoms with Crippen molar-refractivity contribution in [3.8, 4) is 11.5 Å². The van der Waals surface area contributed by atoms with Gasteiger partial charge >= 0.3 is 0 Å². The van der Waals surface area contributed by atoms with Crippen LogP contribution in [0.1, 0.15) is 24.2 Å². The summed E-state index contributed by atoms with van der Waals surface area (Å²) < 4.78 is 37.2. The number of rotatable bonds is 9. The number of hydrogen-bond donors (Lipinski definition) is 1. The molecule has 0 radical (unpaired) electrons. The standard InChI is InChI=1S/C19H23N3O7S/c1-5-21(6-2)30(26,27)14-8-10-17(28-3)15(12-14)19(23)20-16-9-7-13(22(24)25)11-18(16)29-4/h7-12H,5-6H2,1-4H3,(H,20,23). The van der Waals surface area contributed by atoms with Crippen LogP contribution < -0.4 is 14.8 Å². The number of sulfonamides is 1. The van der Waals surface area contributed by atoms with Gasteiger partial charge in [-0.25, -0.2) is 8.42 Å². The van der Waals surface area contributed by atoms with Crippen LogP contribution in [0.5, 0.6) is 11.5 Å². The Morgan fingerprint density at radius 3 is 2.23 bits per heavy atom. The van der Waals surface area contributed by atoms with Crippen LogP contribution in [0.2, 0.25) is 0 Å². The summed E-state index contributed by atoms with van der Waals surface area (Å²) in [7, 11) is -1.11. The van der Waals surface area contributed by atoms with Crippen LogP contribution in [0.15, 0.2) is 41.3 Å². The van der Waals surface area contributed by atoms with E-state index in [0.29, 0.717) is 0 Å². The molecule has 1 N–H and O–H groups in total. The monoisotopic (exact) mass is 437 g/mol. The van der Waals surface area contributed by atoms with Crippen molar-refractivity contribution in [2.45, 2.75) is 18.7 Å². The average Bonchev–Trinajstić information content (AvgIpc) is 2.73. The summed E-state index contributed by atoms with van der Waals surface area (Å²) in [6.45, 7) is 4.01. The molecule has 0 unspecified atom stereocenters. The van der Waals surface area contributed by atoms with Gasteiger partial charge in [0.15, 0.2) is 0 Å². The molecule has 162 valence electrons. The fourth-order valence-corrected chi connectivity index (χ4v) is 4.31. The van der Waals surface area contributed by atoms with Gasteiger partial charge in [0.05, 0.1) is 41.4 Å². The zero-order valence-corrected chi connectivity index (χ0v) is 17.9. The number of hydrogen-bond acceptors (Lipinski definition) is 7. The molecule has 2 aromatic carbocycles. The summed E-state index contributed by atoms with van der Waals surface area (Å²) in [6, 6.07) is 7.73. The fraction of sp³-hybridized carbons (Fsp3) is 0.316.